The Bertz CT molecular complexity index is 1400. The van der Waals surface area contributed by atoms with Gasteiger partial charge in [-0.1, -0.05) is 23.7 Å². The third-order valence-electron chi connectivity index (χ3n) is 6.03. The highest BCUT2D eigenvalue weighted by Crippen LogP contribution is 2.31. The number of benzene rings is 1. The van der Waals surface area contributed by atoms with Crippen molar-refractivity contribution in [1.82, 2.24) is 29.5 Å². The number of anilines is 1. The number of pyridine rings is 1. The summed E-state index contributed by atoms with van der Waals surface area (Å²) in [7, 11) is 0. The molecular weight excluding hydrogens is 454 g/mol. The minimum absolute atomic E-state index is 0.668. The first-order valence-electron chi connectivity index (χ1n) is 11.0. The van der Waals surface area contributed by atoms with Crippen LogP contribution in [0.15, 0.2) is 60.2 Å². The third kappa shape index (κ3) is 3.94. The second-order valence-corrected chi connectivity index (χ2v) is 9.60. The topological polar surface area (TPSA) is 62.5 Å². The second kappa shape index (κ2) is 8.70. The van der Waals surface area contributed by atoms with Crippen molar-refractivity contribution in [2.75, 3.05) is 31.1 Å². The highest BCUT2D eigenvalue weighted by Gasteiger charge is 2.23. The number of aromatic nitrogens is 5. The summed E-state index contributed by atoms with van der Waals surface area (Å²) in [5.41, 5.74) is 2.89. The Kier molecular flexibility index (Phi) is 5.41. The Morgan fingerprint density at radius 1 is 1.00 bits per heavy atom. The van der Waals surface area contributed by atoms with E-state index in [1.807, 2.05) is 42.7 Å². The summed E-state index contributed by atoms with van der Waals surface area (Å²) in [6, 6.07) is 14.0. The van der Waals surface area contributed by atoms with E-state index in [9.17, 15) is 0 Å². The summed E-state index contributed by atoms with van der Waals surface area (Å²) in [4.78, 5) is 15.3. The van der Waals surface area contributed by atoms with E-state index in [0.29, 0.717) is 5.02 Å². The zero-order valence-electron chi connectivity index (χ0n) is 17.9. The van der Waals surface area contributed by atoms with Crippen LogP contribution in [0.3, 0.4) is 0 Å². The van der Waals surface area contributed by atoms with E-state index in [0.717, 1.165) is 72.3 Å². The largest absolute Gasteiger partial charge is 0.341 e. The van der Waals surface area contributed by atoms with Gasteiger partial charge in [-0.3, -0.25) is 9.88 Å². The number of nitrogens with zero attached hydrogens (tertiary/aromatic N) is 7. The van der Waals surface area contributed by atoms with Crippen molar-refractivity contribution < 1.29 is 0 Å². The predicted molar refractivity (Wildman–Crippen MR) is 133 cm³/mol. The first-order chi connectivity index (χ1) is 16.3. The van der Waals surface area contributed by atoms with Gasteiger partial charge in [-0.05, 0) is 47.7 Å². The van der Waals surface area contributed by atoms with Crippen LogP contribution in [0.5, 0.6) is 0 Å². The molecule has 0 aliphatic carbocycles. The van der Waals surface area contributed by atoms with Gasteiger partial charge in [0.05, 0.1) is 10.4 Å². The molecule has 5 aromatic rings. The van der Waals surface area contributed by atoms with E-state index in [1.54, 1.807) is 11.3 Å². The number of rotatable bonds is 4. The van der Waals surface area contributed by atoms with Crippen LogP contribution in [0.1, 0.15) is 12.0 Å². The maximum atomic E-state index is 6.31. The van der Waals surface area contributed by atoms with Crippen LogP contribution < -0.4 is 4.90 Å². The Hall–Kier alpha value is -3.07. The first-order valence-corrected chi connectivity index (χ1v) is 12.3. The smallest absolute Gasteiger partial charge is 0.213 e. The van der Waals surface area contributed by atoms with Gasteiger partial charge in [0, 0.05) is 55.5 Å². The number of thiophene rings is 1. The normalized spacial score (nSPS) is 15.4. The van der Waals surface area contributed by atoms with Gasteiger partial charge in [-0.15, -0.1) is 21.5 Å². The van der Waals surface area contributed by atoms with E-state index in [4.69, 9.17) is 16.6 Å². The van der Waals surface area contributed by atoms with Gasteiger partial charge in [0.1, 0.15) is 0 Å². The molecule has 1 aromatic carbocycles. The molecule has 166 valence electrons. The lowest BCUT2D eigenvalue weighted by Gasteiger charge is -2.24. The van der Waals surface area contributed by atoms with Gasteiger partial charge in [-0.2, -0.15) is 0 Å². The van der Waals surface area contributed by atoms with Crippen molar-refractivity contribution in [3.05, 3.63) is 70.8 Å². The molecule has 0 radical (unpaired) electrons. The lowest BCUT2D eigenvalue weighted by atomic mass is 10.2. The molecular formula is C24H22ClN7S. The van der Waals surface area contributed by atoms with Crippen molar-refractivity contribution in [3.8, 4) is 10.7 Å². The molecule has 5 heterocycles. The molecule has 7 nitrogen and oxygen atoms in total. The van der Waals surface area contributed by atoms with Gasteiger partial charge in [0.2, 0.25) is 5.95 Å². The summed E-state index contributed by atoms with van der Waals surface area (Å²) in [5, 5.41) is 12.8. The van der Waals surface area contributed by atoms with Crippen molar-refractivity contribution in [1.29, 1.82) is 0 Å². The van der Waals surface area contributed by atoms with Gasteiger partial charge in [-0.25, -0.2) is 9.38 Å². The van der Waals surface area contributed by atoms with E-state index >= 15 is 0 Å². The monoisotopic (exact) mass is 475 g/mol. The van der Waals surface area contributed by atoms with E-state index < -0.39 is 0 Å². The van der Waals surface area contributed by atoms with Crippen LogP contribution in [-0.4, -0.2) is 55.6 Å². The summed E-state index contributed by atoms with van der Waals surface area (Å²) < 4.78 is 2.11. The number of halogens is 1. The maximum absolute atomic E-state index is 6.31. The molecule has 0 spiro atoms. The summed E-state index contributed by atoms with van der Waals surface area (Å²) >= 11 is 7.97. The average Bonchev–Trinajstić information content (AvgIpc) is 3.46. The molecule has 1 fully saturated rings. The Morgan fingerprint density at radius 3 is 2.82 bits per heavy atom. The fraction of sp³-hybridized carbons (Fsp3) is 0.250. The van der Waals surface area contributed by atoms with Crippen LogP contribution in [0.25, 0.3) is 27.3 Å². The predicted octanol–water partition coefficient (Wildman–Crippen LogP) is 4.77. The standard InChI is InChI=1S/C24H22ClN7S/c25-18-6-7-19-20(14-18)27-24(32-22(19)28-29-23(32)21-5-2-13-33-21)31-10-3-9-30(11-12-31)16-17-4-1-8-26-15-17/h1-2,4-8,13-15H,3,9-12,16H2. The molecule has 9 heteroatoms. The fourth-order valence-corrected chi connectivity index (χ4v) is 5.31. The molecule has 0 unspecified atom stereocenters. The lowest BCUT2D eigenvalue weighted by Crippen LogP contribution is -2.32. The second-order valence-electron chi connectivity index (χ2n) is 8.21. The SMILES string of the molecule is Clc1ccc2c(c1)nc(N1CCCN(Cc3cccnc3)CC1)n1c(-c3cccs3)nnc21. The van der Waals surface area contributed by atoms with Gasteiger partial charge in [0.15, 0.2) is 11.5 Å². The van der Waals surface area contributed by atoms with Gasteiger partial charge in [0.25, 0.3) is 0 Å². The Morgan fingerprint density at radius 2 is 1.97 bits per heavy atom. The average molecular weight is 476 g/mol. The molecule has 1 aliphatic rings. The minimum Gasteiger partial charge on any atom is -0.341 e. The number of hydrogen-bond donors (Lipinski definition) is 0. The highest BCUT2D eigenvalue weighted by molar-refractivity contribution is 7.13. The summed E-state index contributed by atoms with van der Waals surface area (Å²) in [6.07, 6.45) is 4.82. The van der Waals surface area contributed by atoms with Crippen LogP contribution in [0.4, 0.5) is 5.95 Å². The van der Waals surface area contributed by atoms with Crippen molar-refractivity contribution >= 4 is 45.4 Å². The van der Waals surface area contributed by atoms with Crippen molar-refractivity contribution in [2.24, 2.45) is 0 Å². The fourth-order valence-electron chi connectivity index (χ4n) is 4.45. The number of hydrogen-bond acceptors (Lipinski definition) is 7. The van der Waals surface area contributed by atoms with Gasteiger partial charge >= 0.3 is 0 Å². The van der Waals surface area contributed by atoms with E-state index in [-0.39, 0.29) is 0 Å². The van der Waals surface area contributed by atoms with Crippen LogP contribution in [0, 0.1) is 0 Å². The maximum Gasteiger partial charge on any atom is 0.213 e. The molecule has 33 heavy (non-hydrogen) atoms. The van der Waals surface area contributed by atoms with E-state index in [2.05, 4.69) is 46.9 Å². The van der Waals surface area contributed by atoms with Crippen molar-refractivity contribution in [2.45, 2.75) is 13.0 Å². The number of fused-ring (bicyclic) bond motifs is 3. The molecule has 6 rings (SSSR count). The highest BCUT2D eigenvalue weighted by atomic mass is 35.5. The third-order valence-corrected chi connectivity index (χ3v) is 7.13. The molecule has 0 amide bonds. The van der Waals surface area contributed by atoms with Crippen LogP contribution >= 0.6 is 22.9 Å². The van der Waals surface area contributed by atoms with Gasteiger partial charge < -0.3 is 4.90 Å². The summed E-state index contributed by atoms with van der Waals surface area (Å²) in [5.74, 6) is 1.70. The molecule has 1 saturated heterocycles. The molecule has 4 aromatic heterocycles. The Balaban J connectivity index is 1.40. The molecule has 1 aliphatic heterocycles. The molecule has 0 atom stereocenters. The molecule has 0 bridgehead atoms. The van der Waals surface area contributed by atoms with E-state index in [1.165, 1.54) is 5.56 Å². The lowest BCUT2D eigenvalue weighted by molar-refractivity contribution is 0.285. The minimum atomic E-state index is 0.668. The molecule has 0 N–H and O–H groups in total. The first kappa shape index (κ1) is 20.5. The zero-order valence-corrected chi connectivity index (χ0v) is 19.5. The Labute approximate surface area is 200 Å². The van der Waals surface area contributed by atoms with Crippen LogP contribution in [-0.2, 0) is 6.54 Å². The summed E-state index contributed by atoms with van der Waals surface area (Å²) in [6.45, 7) is 4.68. The quantitative estimate of drug-likeness (QED) is 0.373. The van der Waals surface area contributed by atoms with Crippen LogP contribution in [0.2, 0.25) is 5.02 Å². The zero-order chi connectivity index (χ0) is 22.2. The van der Waals surface area contributed by atoms with Crippen molar-refractivity contribution in [3.63, 3.8) is 0 Å². The molecule has 0 saturated carbocycles.